The van der Waals surface area contributed by atoms with Gasteiger partial charge in [0.05, 0.1) is 30.9 Å². The Labute approximate surface area is 149 Å². The Morgan fingerprint density at radius 1 is 1.36 bits per heavy atom. The van der Waals surface area contributed by atoms with E-state index >= 15 is 0 Å². The van der Waals surface area contributed by atoms with Crippen molar-refractivity contribution in [1.29, 1.82) is 0 Å². The molecule has 0 spiro atoms. The number of imidazole rings is 1. The van der Waals surface area contributed by atoms with Crippen LogP contribution in [0, 0.1) is 0 Å². The number of primary amides is 1. The molecule has 0 fully saturated rings. The SMILES string of the molecule is CCOc1ccc(NC(=O)CSc2ncc(CO)n2CC(N)=O)cc1. The van der Waals surface area contributed by atoms with E-state index in [0.29, 0.717) is 23.1 Å². The maximum Gasteiger partial charge on any atom is 0.237 e. The summed E-state index contributed by atoms with van der Waals surface area (Å²) in [7, 11) is 0. The number of nitrogens with zero attached hydrogens (tertiary/aromatic N) is 2. The highest BCUT2D eigenvalue weighted by atomic mass is 32.2. The lowest BCUT2D eigenvalue weighted by Crippen LogP contribution is -2.21. The largest absolute Gasteiger partial charge is 0.494 e. The average Bonchev–Trinajstić information content (AvgIpc) is 2.96. The number of anilines is 1. The molecule has 0 radical (unpaired) electrons. The predicted molar refractivity (Wildman–Crippen MR) is 94.3 cm³/mol. The van der Waals surface area contributed by atoms with E-state index in [2.05, 4.69) is 10.3 Å². The number of nitrogens with two attached hydrogens (primary N) is 1. The summed E-state index contributed by atoms with van der Waals surface area (Å²) in [6, 6.07) is 7.07. The summed E-state index contributed by atoms with van der Waals surface area (Å²) in [4.78, 5) is 27.3. The van der Waals surface area contributed by atoms with Crippen LogP contribution in [0.15, 0.2) is 35.6 Å². The summed E-state index contributed by atoms with van der Waals surface area (Å²) in [5.41, 5.74) is 6.32. The van der Waals surface area contributed by atoms with Gasteiger partial charge in [0.25, 0.3) is 0 Å². The first-order chi connectivity index (χ1) is 12.0. The third-order valence-electron chi connectivity index (χ3n) is 3.16. The Hall–Kier alpha value is -2.52. The molecule has 0 unspecified atom stereocenters. The third kappa shape index (κ3) is 5.50. The van der Waals surface area contributed by atoms with Crippen molar-refractivity contribution < 1.29 is 19.4 Å². The fourth-order valence-corrected chi connectivity index (χ4v) is 2.88. The Bertz CT molecular complexity index is 730. The van der Waals surface area contributed by atoms with Gasteiger partial charge in [-0.05, 0) is 31.2 Å². The molecule has 0 aliphatic heterocycles. The first-order valence-electron chi connectivity index (χ1n) is 7.62. The molecule has 0 atom stereocenters. The normalized spacial score (nSPS) is 10.5. The van der Waals surface area contributed by atoms with Crippen LogP contribution in [0.4, 0.5) is 5.69 Å². The topological polar surface area (TPSA) is 119 Å². The highest BCUT2D eigenvalue weighted by molar-refractivity contribution is 7.99. The van der Waals surface area contributed by atoms with Crippen molar-refractivity contribution in [2.24, 2.45) is 5.73 Å². The van der Waals surface area contributed by atoms with Crippen LogP contribution in [0.25, 0.3) is 0 Å². The molecule has 1 aromatic heterocycles. The number of aromatic nitrogens is 2. The minimum atomic E-state index is -0.548. The smallest absolute Gasteiger partial charge is 0.237 e. The fraction of sp³-hybridized carbons (Fsp3) is 0.312. The summed E-state index contributed by atoms with van der Waals surface area (Å²) < 4.78 is 6.84. The Balaban J connectivity index is 1.93. The van der Waals surface area contributed by atoms with E-state index in [1.807, 2.05) is 6.92 Å². The van der Waals surface area contributed by atoms with Gasteiger partial charge in [-0.3, -0.25) is 9.59 Å². The van der Waals surface area contributed by atoms with E-state index in [9.17, 15) is 14.7 Å². The van der Waals surface area contributed by atoms with Gasteiger partial charge in [0.1, 0.15) is 12.3 Å². The number of benzene rings is 1. The monoisotopic (exact) mass is 364 g/mol. The zero-order valence-corrected chi connectivity index (χ0v) is 14.6. The van der Waals surface area contributed by atoms with Crippen LogP contribution in [-0.2, 0) is 22.7 Å². The van der Waals surface area contributed by atoms with E-state index in [4.69, 9.17) is 10.5 Å². The van der Waals surface area contributed by atoms with Gasteiger partial charge in [0, 0.05) is 5.69 Å². The van der Waals surface area contributed by atoms with Crippen LogP contribution in [0.3, 0.4) is 0 Å². The van der Waals surface area contributed by atoms with Crippen molar-refractivity contribution in [3.8, 4) is 5.75 Å². The minimum Gasteiger partial charge on any atom is -0.494 e. The molecule has 0 aliphatic carbocycles. The molecule has 0 saturated heterocycles. The van der Waals surface area contributed by atoms with E-state index < -0.39 is 5.91 Å². The maximum absolute atomic E-state index is 12.1. The fourth-order valence-electron chi connectivity index (χ4n) is 2.09. The highest BCUT2D eigenvalue weighted by Crippen LogP contribution is 2.20. The van der Waals surface area contributed by atoms with Gasteiger partial charge >= 0.3 is 0 Å². The number of hydrogen-bond donors (Lipinski definition) is 3. The van der Waals surface area contributed by atoms with Crippen LogP contribution < -0.4 is 15.8 Å². The van der Waals surface area contributed by atoms with Crippen LogP contribution in [0.1, 0.15) is 12.6 Å². The number of nitrogens with one attached hydrogen (secondary N) is 1. The van der Waals surface area contributed by atoms with E-state index in [1.54, 1.807) is 24.3 Å². The number of carbonyl (C=O) groups excluding carboxylic acids is 2. The van der Waals surface area contributed by atoms with Gasteiger partial charge in [-0.2, -0.15) is 0 Å². The number of aliphatic hydroxyl groups is 1. The standard InChI is InChI=1S/C16H20N4O4S/c1-2-24-13-5-3-11(4-6-13)19-15(23)10-25-16-18-7-12(9-21)20(16)8-14(17)22/h3-7,21H,2,8-10H2,1H3,(H2,17,22)(H,19,23). The second-order valence-corrected chi connectivity index (χ2v) is 5.98. The van der Waals surface area contributed by atoms with Crippen LogP contribution >= 0.6 is 11.8 Å². The van der Waals surface area contributed by atoms with Gasteiger partial charge in [0.2, 0.25) is 11.8 Å². The Morgan fingerprint density at radius 3 is 2.68 bits per heavy atom. The summed E-state index contributed by atoms with van der Waals surface area (Å²) in [5.74, 6) is 0.0787. The molecule has 1 aromatic carbocycles. The first-order valence-corrected chi connectivity index (χ1v) is 8.61. The minimum absolute atomic E-state index is 0.0985. The summed E-state index contributed by atoms with van der Waals surface area (Å²) >= 11 is 1.16. The average molecular weight is 364 g/mol. The van der Waals surface area contributed by atoms with Crippen LogP contribution in [0.2, 0.25) is 0 Å². The zero-order chi connectivity index (χ0) is 18.2. The summed E-state index contributed by atoms with van der Waals surface area (Å²) in [5, 5.41) is 12.5. The molecule has 4 N–H and O–H groups in total. The third-order valence-corrected chi connectivity index (χ3v) is 4.15. The van der Waals surface area contributed by atoms with Gasteiger partial charge in [-0.1, -0.05) is 11.8 Å². The molecule has 0 bridgehead atoms. The van der Waals surface area contributed by atoms with Crippen molar-refractivity contribution >= 4 is 29.3 Å². The lowest BCUT2D eigenvalue weighted by molar-refractivity contribution is -0.118. The van der Waals surface area contributed by atoms with Gasteiger partial charge < -0.3 is 25.5 Å². The molecular formula is C16H20N4O4S. The maximum atomic E-state index is 12.1. The summed E-state index contributed by atoms with van der Waals surface area (Å²) in [6.45, 7) is 2.12. The molecule has 1 heterocycles. The molecular weight excluding hydrogens is 344 g/mol. The van der Waals surface area contributed by atoms with Crippen molar-refractivity contribution in [1.82, 2.24) is 9.55 Å². The number of hydrogen-bond acceptors (Lipinski definition) is 6. The summed E-state index contributed by atoms with van der Waals surface area (Å²) in [6.07, 6.45) is 1.45. The number of ether oxygens (including phenoxy) is 1. The lowest BCUT2D eigenvalue weighted by atomic mass is 10.3. The van der Waals surface area contributed by atoms with Gasteiger partial charge in [-0.15, -0.1) is 0 Å². The van der Waals surface area contributed by atoms with Crippen LogP contribution in [0.5, 0.6) is 5.75 Å². The molecule has 9 heteroatoms. The number of rotatable bonds is 9. The molecule has 0 saturated carbocycles. The number of carbonyl (C=O) groups is 2. The van der Waals surface area contributed by atoms with E-state index in [1.165, 1.54) is 10.8 Å². The number of amides is 2. The molecule has 0 aliphatic rings. The second-order valence-electron chi connectivity index (χ2n) is 5.04. The molecule has 2 amide bonds. The molecule has 25 heavy (non-hydrogen) atoms. The second kappa shape index (κ2) is 9.09. The van der Waals surface area contributed by atoms with Gasteiger partial charge in [0.15, 0.2) is 5.16 Å². The number of aliphatic hydroxyl groups excluding tert-OH is 1. The zero-order valence-electron chi connectivity index (χ0n) is 13.8. The lowest BCUT2D eigenvalue weighted by Gasteiger charge is -2.09. The Kier molecular flexibility index (Phi) is 6.84. The predicted octanol–water partition coefficient (Wildman–Crippen LogP) is 0.990. The van der Waals surface area contributed by atoms with Gasteiger partial charge in [-0.25, -0.2) is 4.98 Å². The van der Waals surface area contributed by atoms with Crippen molar-refractivity contribution in [3.63, 3.8) is 0 Å². The van der Waals surface area contributed by atoms with Crippen LogP contribution in [-0.4, -0.2) is 38.8 Å². The number of thioether (sulfide) groups is 1. The van der Waals surface area contributed by atoms with E-state index in [-0.39, 0.29) is 24.8 Å². The van der Waals surface area contributed by atoms with Crippen molar-refractivity contribution in [3.05, 3.63) is 36.2 Å². The molecule has 2 aromatic rings. The quantitative estimate of drug-likeness (QED) is 0.571. The van der Waals surface area contributed by atoms with E-state index in [0.717, 1.165) is 17.5 Å². The first kappa shape index (κ1) is 18.8. The molecule has 134 valence electrons. The molecule has 2 rings (SSSR count). The highest BCUT2D eigenvalue weighted by Gasteiger charge is 2.13. The van der Waals surface area contributed by atoms with Crippen molar-refractivity contribution in [2.75, 3.05) is 17.7 Å². The molecule has 8 nitrogen and oxygen atoms in total. The van der Waals surface area contributed by atoms with Crippen molar-refractivity contribution in [2.45, 2.75) is 25.2 Å². The Morgan fingerprint density at radius 2 is 2.08 bits per heavy atom.